The fourth-order valence-electron chi connectivity index (χ4n) is 3.33. The number of hydrogen-bond donors (Lipinski definition) is 3. The third-order valence-electron chi connectivity index (χ3n) is 5.24. The van der Waals surface area contributed by atoms with Gasteiger partial charge in [-0.3, -0.25) is 0 Å². The molecule has 0 amide bonds. The van der Waals surface area contributed by atoms with Crippen LogP contribution in [-0.2, 0) is 16.7 Å². The molecular weight excluding hydrogens is 367 g/mol. The van der Waals surface area contributed by atoms with E-state index in [-0.39, 0.29) is 11.2 Å². The van der Waals surface area contributed by atoms with Gasteiger partial charge >= 0.3 is 0 Å². The summed E-state index contributed by atoms with van der Waals surface area (Å²) in [6.45, 7) is 5.67. The highest BCUT2D eigenvalue weighted by Crippen LogP contribution is 2.47. The van der Waals surface area contributed by atoms with Gasteiger partial charge in [-0.2, -0.15) is 0 Å². The molecule has 6 heteroatoms. The lowest BCUT2D eigenvalue weighted by atomic mass is 9.96. The van der Waals surface area contributed by atoms with Gasteiger partial charge in [0.15, 0.2) is 5.96 Å². The Morgan fingerprint density at radius 2 is 1.93 bits per heavy atom. The highest BCUT2D eigenvalue weighted by molar-refractivity contribution is 5.80. The van der Waals surface area contributed by atoms with Crippen molar-refractivity contribution in [1.29, 1.82) is 0 Å². The zero-order valence-corrected chi connectivity index (χ0v) is 17.3. The van der Waals surface area contributed by atoms with Gasteiger partial charge < -0.3 is 20.7 Å². The average molecular weight is 399 g/mol. The molecule has 3 N–H and O–H groups in total. The fraction of sp³-hybridized carbons (Fsp3) is 0.435. The van der Waals surface area contributed by atoms with E-state index in [4.69, 9.17) is 9.73 Å². The fourth-order valence-corrected chi connectivity index (χ4v) is 3.33. The minimum atomic E-state index is -0.172. The van der Waals surface area contributed by atoms with Crippen molar-refractivity contribution < 1.29 is 9.13 Å². The number of aliphatic imine (C=N–C) groups is 1. The third kappa shape index (κ3) is 6.19. The van der Waals surface area contributed by atoms with Crippen molar-refractivity contribution in [1.82, 2.24) is 10.6 Å². The van der Waals surface area contributed by atoms with Gasteiger partial charge in [0.25, 0.3) is 0 Å². The van der Waals surface area contributed by atoms with Crippen molar-refractivity contribution in [3.63, 3.8) is 0 Å². The Kier molecular flexibility index (Phi) is 7.47. The van der Waals surface area contributed by atoms with Gasteiger partial charge in [0.2, 0.25) is 0 Å². The Labute approximate surface area is 172 Å². The standard InChI is InChI=1S/C23H31FN4O/c1-3-25-22(27-16-18-7-9-21(10-8-18)26-13-14-29-2)28-17-23(11-12-23)19-5-4-6-20(24)15-19/h4-10,15,26H,3,11-14,16-17H2,1-2H3,(H2,25,27,28). The second-order valence-electron chi connectivity index (χ2n) is 7.46. The van der Waals surface area contributed by atoms with Crippen LogP contribution in [0.2, 0.25) is 0 Å². The van der Waals surface area contributed by atoms with E-state index in [2.05, 4.69) is 47.1 Å². The van der Waals surface area contributed by atoms with E-state index in [1.54, 1.807) is 19.2 Å². The van der Waals surface area contributed by atoms with Crippen molar-refractivity contribution in [2.75, 3.05) is 38.7 Å². The number of nitrogens with one attached hydrogen (secondary N) is 3. The molecule has 5 nitrogen and oxygen atoms in total. The van der Waals surface area contributed by atoms with Crippen LogP contribution in [0.25, 0.3) is 0 Å². The maximum Gasteiger partial charge on any atom is 0.191 e. The molecule has 0 aromatic heterocycles. The van der Waals surface area contributed by atoms with Gasteiger partial charge in [-0.05, 0) is 55.2 Å². The lowest BCUT2D eigenvalue weighted by molar-refractivity contribution is 0.211. The van der Waals surface area contributed by atoms with Gasteiger partial charge in [0, 0.05) is 37.8 Å². The molecule has 0 aliphatic heterocycles. The zero-order valence-electron chi connectivity index (χ0n) is 17.3. The molecule has 3 rings (SSSR count). The van der Waals surface area contributed by atoms with Crippen molar-refractivity contribution in [2.45, 2.75) is 31.7 Å². The van der Waals surface area contributed by atoms with Crippen LogP contribution in [0.15, 0.2) is 53.5 Å². The summed E-state index contributed by atoms with van der Waals surface area (Å²) in [5, 5.41) is 10.1. The first-order valence-electron chi connectivity index (χ1n) is 10.3. The molecule has 1 aliphatic carbocycles. The molecule has 0 atom stereocenters. The van der Waals surface area contributed by atoms with Crippen molar-refractivity contribution in [2.24, 2.45) is 4.99 Å². The summed E-state index contributed by atoms with van der Waals surface area (Å²) in [7, 11) is 1.70. The maximum atomic E-state index is 13.6. The molecule has 0 radical (unpaired) electrons. The Morgan fingerprint density at radius 3 is 2.59 bits per heavy atom. The summed E-state index contributed by atoms with van der Waals surface area (Å²) in [6, 6.07) is 15.2. The monoisotopic (exact) mass is 398 g/mol. The third-order valence-corrected chi connectivity index (χ3v) is 5.24. The topological polar surface area (TPSA) is 57.7 Å². The number of rotatable bonds is 10. The van der Waals surface area contributed by atoms with Crippen molar-refractivity contribution in [3.8, 4) is 0 Å². The van der Waals surface area contributed by atoms with Gasteiger partial charge in [0.05, 0.1) is 13.2 Å². The summed E-state index contributed by atoms with van der Waals surface area (Å²) >= 11 is 0. The maximum absolute atomic E-state index is 13.6. The van der Waals surface area contributed by atoms with Crippen LogP contribution >= 0.6 is 0 Å². The lowest BCUT2D eigenvalue weighted by Gasteiger charge is -2.19. The van der Waals surface area contributed by atoms with E-state index in [9.17, 15) is 4.39 Å². The SMILES string of the molecule is CCNC(=NCc1ccc(NCCOC)cc1)NCC1(c2cccc(F)c2)CC1. The highest BCUT2D eigenvalue weighted by atomic mass is 19.1. The van der Waals surface area contributed by atoms with Gasteiger partial charge in [-0.25, -0.2) is 9.38 Å². The number of methoxy groups -OCH3 is 1. The Bertz CT molecular complexity index is 803. The molecule has 1 fully saturated rings. The first-order valence-corrected chi connectivity index (χ1v) is 10.3. The summed E-state index contributed by atoms with van der Waals surface area (Å²) in [5.74, 6) is 0.618. The van der Waals surface area contributed by atoms with E-state index in [0.717, 1.165) is 55.2 Å². The van der Waals surface area contributed by atoms with Gasteiger partial charge in [0.1, 0.15) is 5.82 Å². The highest BCUT2D eigenvalue weighted by Gasteiger charge is 2.44. The van der Waals surface area contributed by atoms with E-state index in [0.29, 0.717) is 13.2 Å². The summed E-state index contributed by atoms with van der Waals surface area (Å²) in [5.41, 5.74) is 3.31. The minimum Gasteiger partial charge on any atom is -0.383 e. The smallest absolute Gasteiger partial charge is 0.191 e. The first-order chi connectivity index (χ1) is 14.1. The predicted octanol–water partition coefficient (Wildman–Crippen LogP) is 3.67. The largest absolute Gasteiger partial charge is 0.383 e. The van der Waals surface area contributed by atoms with Crippen LogP contribution in [0.1, 0.15) is 30.9 Å². The number of guanidine groups is 1. The van der Waals surface area contributed by atoms with Gasteiger partial charge in [-0.1, -0.05) is 24.3 Å². The molecule has 0 unspecified atom stereocenters. The van der Waals surface area contributed by atoms with Crippen LogP contribution in [0, 0.1) is 5.82 Å². The molecule has 2 aromatic rings. The number of nitrogens with zero attached hydrogens (tertiary/aromatic N) is 1. The van der Waals surface area contributed by atoms with Crippen LogP contribution in [0.3, 0.4) is 0 Å². The van der Waals surface area contributed by atoms with Crippen LogP contribution in [-0.4, -0.2) is 39.3 Å². The van der Waals surface area contributed by atoms with Crippen molar-refractivity contribution >= 4 is 11.6 Å². The number of ether oxygens (including phenoxy) is 1. The molecule has 0 spiro atoms. The molecular formula is C23H31FN4O. The average Bonchev–Trinajstić information content (AvgIpc) is 3.52. The van der Waals surface area contributed by atoms with Crippen LogP contribution in [0.5, 0.6) is 0 Å². The number of halogens is 1. The molecule has 29 heavy (non-hydrogen) atoms. The number of anilines is 1. The molecule has 1 aliphatic rings. The van der Waals surface area contributed by atoms with E-state index >= 15 is 0 Å². The molecule has 0 saturated heterocycles. The first kappa shape index (κ1) is 21.1. The van der Waals surface area contributed by atoms with E-state index in [1.807, 2.05) is 6.07 Å². The lowest BCUT2D eigenvalue weighted by Crippen LogP contribution is -2.41. The number of benzene rings is 2. The predicted molar refractivity (Wildman–Crippen MR) is 117 cm³/mol. The minimum absolute atomic E-state index is 0.0216. The number of hydrogen-bond acceptors (Lipinski definition) is 3. The molecule has 156 valence electrons. The second kappa shape index (κ2) is 10.3. The zero-order chi connectivity index (χ0) is 20.5. The summed E-state index contributed by atoms with van der Waals surface area (Å²) in [4.78, 5) is 4.71. The summed E-state index contributed by atoms with van der Waals surface area (Å²) in [6.07, 6.45) is 2.14. The normalized spacial score (nSPS) is 15.1. The quantitative estimate of drug-likeness (QED) is 0.325. The molecule has 2 aromatic carbocycles. The van der Waals surface area contributed by atoms with Crippen LogP contribution in [0.4, 0.5) is 10.1 Å². The summed E-state index contributed by atoms with van der Waals surface area (Å²) < 4.78 is 18.6. The van der Waals surface area contributed by atoms with Crippen molar-refractivity contribution in [3.05, 3.63) is 65.5 Å². The van der Waals surface area contributed by atoms with Gasteiger partial charge in [-0.15, -0.1) is 0 Å². The molecule has 1 saturated carbocycles. The molecule has 0 heterocycles. The van der Waals surface area contributed by atoms with Crippen LogP contribution < -0.4 is 16.0 Å². The van der Waals surface area contributed by atoms with E-state index < -0.39 is 0 Å². The second-order valence-corrected chi connectivity index (χ2v) is 7.46. The Hall–Kier alpha value is -2.60. The Morgan fingerprint density at radius 1 is 1.14 bits per heavy atom. The Balaban J connectivity index is 1.56. The molecule has 0 bridgehead atoms. The van der Waals surface area contributed by atoms with E-state index in [1.165, 1.54) is 6.07 Å².